The van der Waals surface area contributed by atoms with Crippen LogP contribution in [0.3, 0.4) is 0 Å². The number of aryl methyl sites for hydroxylation is 1. The normalized spacial score (nSPS) is 13.6. The molecule has 1 aliphatic rings. The van der Waals surface area contributed by atoms with E-state index in [1.54, 1.807) is 37.3 Å². The molecule has 2 aromatic rings. The van der Waals surface area contributed by atoms with Crippen LogP contribution >= 0.6 is 0 Å². The van der Waals surface area contributed by atoms with E-state index in [-0.39, 0.29) is 11.9 Å². The first-order valence-electron chi connectivity index (χ1n) is 8.17. The zero-order valence-electron chi connectivity index (χ0n) is 14.3. The molecule has 7 heteroatoms. The van der Waals surface area contributed by atoms with Gasteiger partial charge in [-0.05, 0) is 44.0 Å². The molecule has 3 rings (SSSR count). The Kier molecular flexibility index (Phi) is 4.92. The fourth-order valence-corrected chi connectivity index (χ4v) is 2.78. The predicted molar refractivity (Wildman–Crippen MR) is 93.0 cm³/mol. The molecule has 2 heterocycles. The highest BCUT2D eigenvalue weighted by atomic mass is 16.5. The van der Waals surface area contributed by atoms with E-state index in [4.69, 9.17) is 0 Å². The molecule has 0 atom stereocenters. The zero-order chi connectivity index (χ0) is 17.8. The Balaban J connectivity index is 1.78. The highest BCUT2D eigenvalue weighted by Crippen LogP contribution is 2.18. The van der Waals surface area contributed by atoms with E-state index in [9.17, 15) is 9.59 Å². The standard InChI is InChI=1S/C18H20N4O3/c1-12-19-15(17(23)22-9-3-4-10-22)11-16(20-12)21-14-7-5-13(6-8-14)18(24)25-2/h5-8,11H,3-4,9-10H2,1-2H3,(H,19,20,21). The van der Waals surface area contributed by atoms with Crippen molar-refractivity contribution < 1.29 is 14.3 Å². The lowest BCUT2D eigenvalue weighted by molar-refractivity contribution is 0.0600. The molecule has 1 aliphatic heterocycles. The van der Waals surface area contributed by atoms with Gasteiger partial charge in [0.15, 0.2) is 0 Å². The third kappa shape index (κ3) is 3.93. The van der Waals surface area contributed by atoms with Crippen molar-refractivity contribution in [2.75, 3.05) is 25.5 Å². The summed E-state index contributed by atoms with van der Waals surface area (Å²) in [7, 11) is 1.34. The van der Waals surface area contributed by atoms with Crippen molar-refractivity contribution in [1.82, 2.24) is 14.9 Å². The smallest absolute Gasteiger partial charge is 0.337 e. The number of carbonyl (C=O) groups excluding carboxylic acids is 2. The van der Waals surface area contributed by atoms with Crippen molar-refractivity contribution in [3.63, 3.8) is 0 Å². The summed E-state index contributed by atoms with van der Waals surface area (Å²) in [5.74, 6) is 0.620. The summed E-state index contributed by atoms with van der Waals surface area (Å²) < 4.78 is 4.68. The Labute approximate surface area is 146 Å². The Bertz CT molecular complexity index is 783. The molecule has 1 aromatic carbocycles. The van der Waals surface area contributed by atoms with E-state index in [1.165, 1.54) is 7.11 Å². The second-order valence-corrected chi connectivity index (χ2v) is 5.88. The zero-order valence-corrected chi connectivity index (χ0v) is 14.3. The molecule has 1 N–H and O–H groups in total. The van der Waals surface area contributed by atoms with Gasteiger partial charge in [-0.15, -0.1) is 0 Å². The minimum atomic E-state index is -0.386. The molecule has 7 nitrogen and oxygen atoms in total. The van der Waals surface area contributed by atoms with E-state index >= 15 is 0 Å². The molecule has 1 aromatic heterocycles. The number of ether oxygens (including phenoxy) is 1. The summed E-state index contributed by atoms with van der Waals surface area (Å²) in [6, 6.07) is 8.50. The SMILES string of the molecule is COC(=O)c1ccc(Nc2cc(C(=O)N3CCCC3)nc(C)n2)cc1. The van der Waals surface area contributed by atoms with Gasteiger partial charge in [-0.1, -0.05) is 0 Å². The molecule has 0 aliphatic carbocycles. The molecule has 130 valence electrons. The first-order chi connectivity index (χ1) is 12.1. The van der Waals surface area contributed by atoms with Gasteiger partial charge in [0.1, 0.15) is 17.3 Å². The second kappa shape index (κ2) is 7.29. The van der Waals surface area contributed by atoms with Crippen molar-refractivity contribution >= 4 is 23.4 Å². The summed E-state index contributed by atoms with van der Waals surface area (Å²) in [4.78, 5) is 34.4. The highest BCUT2D eigenvalue weighted by Gasteiger charge is 2.21. The largest absolute Gasteiger partial charge is 0.465 e. The van der Waals surface area contributed by atoms with Crippen molar-refractivity contribution in [3.05, 3.63) is 47.4 Å². The summed E-state index contributed by atoms with van der Waals surface area (Å²) in [5.41, 5.74) is 1.62. The van der Waals surface area contributed by atoms with Crippen LogP contribution in [0.15, 0.2) is 30.3 Å². The molecule has 0 spiro atoms. The topological polar surface area (TPSA) is 84.4 Å². The maximum absolute atomic E-state index is 12.5. The van der Waals surface area contributed by atoms with Crippen molar-refractivity contribution in [2.45, 2.75) is 19.8 Å². The van der Waals surface area contributed by atoms with Crippen LogP contribution in [0.2, 0.25) is 0 Å². The Morgan fingerprint density at radius 1 is 1.12 bits per heavy atom. The minimum absolute atomic E-state index is 0.0629. The number of esters is 1. The van der Waals surface area contributed by atoms with Crippen LogP contribution < -0.4 is 5.32 Å². The van der Waals surface area contributed by atoms with Crippen molar-refractivity contribution in [3.8, 4) is 0 Å². The van der Waals surface area contributed by atoms with Crippen LogP contribution in [0.4, 0.5) is 11.5 Å². The fourth-order valence-electron chi connectivity index (χ4n) is 2.78. The number of nitrogens with one attached hydrogen (secondary N) is 1. The molecule has 0 saturated carbocycles. The number of rotatable bonds is 4. The molecule has 25 heavy (non-hydrogen) atoms. The summed E-state index contributed by atoms with van der Waals surface area (Å²) >= 11 is 0. The van der Waals surface area contributed by atoms with Gasteiger partial charge >= 0.3 is 5.97 Å². The van der Waals surface area contributed by atoms with Gasteiger partial charge in [0.05, 0.1) is 12.7 Å². The third-order valence-corrected chi connectivity index (χ3v) is 4.03. The van der Waals surface area contributed by atoms with Gasteiger partial charge in [0.2, 0.25) is 0 Å². The molecule has 0 unspecified atom stereocenters. The van der Waals surface area contributed by atoms with Crippen LogP contribution in [0, 0.1) is 6.92 Å². The predicted octanol–water partition coefficient (Wildman–Crippen LogP) is 2.55. The monoisotopic (exact) mass is 340 g/mol. The number of amides is 1. The molecule has 1 saturated heterocycles. The summed E-state index contributed by atoms with van der Waals surface area (Å²) in [6.07, 6.45) is 2.07. The quantitative estimate of drug-likeness (QED) is 0.861. The van der Waals surface area contributed by atoms with Crippen LogP contribution in [0.5, 0.6) is 0 Å². The summed E-state index contributed by atoms with van der Waals surface area (Å²) in [6.45, 7) is 3.31. The number of aromatic nitrogens is 2. The lowest BCUT2D eigenvalue weighted by Crippen LogP contribution is -2.28. The van der Waals surface area contributed by atoms with Gasteiger partial charge in [0.25, 0.3) is 5.91 Å². The molecule has 0 bridgehead atoms. The number of anilines is 2. The molecular formula is C18H20N4O3. The summed E-state index contributed by atoms with van der Waals surface area (Å²) in [5, 5.41) is 3.14. The lowest BCUT2D eigenvalue weighted by Gasteiger charge is -2.15. The van der Waals surface area contributed by atoms with E-state index in [1.807, 2.05) is 4.90 Å². The van der Waals surface area contributed by atoms with Crippen LogP contribution in [-0.2, 0) is 4.74 Å². The number of likely N-dealkylation sites (tertiary alicyclic amines) is 1. The van der Waals surface area contributed by atoms with E-state index in [2.05, 4.69) is 20.0 Å². The number of benzene rings is 1. The van der Waals surface area contributed by atoms with Crippen LogP contribution in [0.1, 0.15) is 39.5 Å². The van der Waals surface area contributed by atoms with Gasteiger partial charge in [-0.25, -0.2) is 14.8 Å². The van der Waals surface area contributed by atoms with Gasteiger partial charge in [0, 0.05) is 24.8 Å². The number of hydrogen-bond acceptors (Lipinski definition) is 6. The Morgan fingerprint density at radius 3 is 2.44 bits per heavy atom. The lowest BCUT2D eigenvalue weighted by atomic mass is 10.2. The first-order valence-corrected chi connectivity index (χ1v) is 8.17. The number of hydrogen-bond donors (Lipinski definition) is 1. The average Bonchev–Trinajstić information content (AvgIpc) is 3.15. The molecular weight excluding hydrogens is 320 g/mol. The highest BCUT2D eigenvalue weighted by molar-refractivity contribution is 5.93. The average molecular weight is 340 g/mol. The van der Waals surface area contributed by atoms with Gasteiger partial charge in [-0.2, -0.15) is 0 Å². The Hall–Kier alpha value is -2.96. The number of nitrogens with zero attached hydrogens (tertiary/aromatic N) is 3. The van der Waals surface area contributed by atoms with Crippen LogP contribution in [-0.4, -0.2) is 46.9 Å². The van der Waals surface area contributed by atoms with E-state index in [0.29, 0.717) is 22.9 Å². The first kappa shape index (κ1) is 16.9. The fraction of sp³-hybridized carbons (Fsp3) is 0.333. The maximum Gasteiger partial charge on any atom is 0.337 e. The molecule has 1 amide bonds. The van der Waals surface area contributed by atoms with E-state index in [0.717, 1.165) is 31.6 Å². The number of carbonyl (C=O) groups is 2. The van der Waals surface area contributed by atoms with Gasteiger partial charge < -0.3 is 15.0 Å². The molecule has 1 fully saturated rings. The maximum atomic E-state index is 12.5. The van der Waals surface area contributed by atoms with Crippen molar-refractivity contribution in [2.24, 2.45) is 0 Å². The van der Waals surface area contributed by atoms with Gasteiger partial charge in [-0.3, -0.25) is 4.79 Å². The third-order valence-electron chi connectivity index (χ3n) is 4.03. The van der Waals surface area contributed by atoms with Crippen molar-refractivity contribution in [1.29, 1.82) is 0 Å². The molecule has 0 radical (unpaired) electrons. The number of methoxy groups -OCH3 is 1. The Morgan fingerprint density at radius 2 is 1.80 bits per heavy atom. The van der Waals surface area contributed by atoms with E-state index < -0.39 is 0 Å². The second-order valence-electron chi connectivity index (χ2n) is 5.88. The minimum Gasteiger partial charge on any atom is -0.465 e. The van der Waals surface area contributed by atoms with Crippen LogP contribution in [0.25, 0.3) is 0 Å².